The van der Waals surface area contributed by atoms with E-state index in [-0.39, 0.29) is 36.1 Å². The van der Waals surface area contributed by atoms with Crippen LogP contribution in [0.2, 0.25) is 0 Å². The Kier molecular flexibility index (Phi) is 6.70. The molecule has 1 spiro atoms. The summed E-state index contributed by atoms with van der Waals surface area (Å²) in [7, 11) is 0. The predicted molar refractivity (Wildman–Crippen MR) is 135 cm³/mol. The van der Waals surface area contributed by atoms with Crippen molar-refractivity contribution in [1.82, 2.24) is 14.7 Å². The Bertz CT molecular complexity index is 1080. The van der Waals surface area contributed by atoms with Crippen molar-refractivity contribution in [2.24, 2.45) is 5.41 Å². The van der Waals surface area contributed by atoms with Crippen LogP contribution >= 0.6 is 0 Å². The van der Waals surface area contributed by atoms with Gasteiger partial charge in [-0.1, -0.05) is 36.4 Å². The van der Waals surface area contributed by atoms with Gasteiger partial charge in [0.2, 0.25) is 5.91 Å². The summed E-state index contributed by atoms with van der Waals surface area (Å²) in [5.74, 6) is -0.140. The van der Waals surface area contributed by atoms with Crippen molar-refractivity contribution < 1.29 is 19.8 Å². The molecule has 2 heterocycles. The van der Waals surface area contributed by atoms with Gasteiger partial charge in [-0.15, -0.1) is 0 Å². The van der Waals surface area contributed by atoms with Gasteiger partial charge in [-0.2, -0.15) is 0 Å². The molecule has 2 aliphatic heterocycles. The molecule has 0 unspecified atom stereocenters. The number of nitrogens with one attached hydrogen (secondary N) is 1. The van der Waals surface area contributed by atoms with Crippen LogP contribution in [-0.4, -0.2) is 94.4 Å². The van der Waals surface area contributed by atoms with Crippen LogP contribution < -0.4 is 5.32 Å². The van der Waals surface area contributed by atoms with Crippen molar-refractivity contribution in [2.45, 2.75) is 50.8 Å². The number of nitrogens with zero attached hydrogens (tertiary/aromatic N) is 3. The first-order valence-corrected chi connectivity index (χ1v) is 12.8. The minimum Gasteiger partial charge on any atom is -0.394 e. The first-order chi connectivity index (χ1) is 16.9. The van der Waals surface area contributed by atoms with Crippen LogP contribution in [0.1, 0.15) is 32.6 Å². The maximum absolute atomic E-state index is 13.2. The summed E-state index contributed by atoms with van der Waals surface area (Å²) in [6.07, 6.45) is 3.67. The summed E-state index contributed by atoms with van der Waals surface area (Å²) in [6.45, 7) is 4.81. The second kappa shape index (κ2) is 9.76. The molecule has 3 atom stereocenters. The van der Waals surface area contributed by atoms with E-state index in [1.807, 2.05) is 42.5 Å². The van der Waals surface area contributed by atoms with E-state index in [0.717, 1.165) is 48.8 Å². The molecule has 0 bridgehead atoms. The maximum atomic E-state index is 13.2. The van der Waals surface area contributed by atoms with Crippen LogP contribution in [0, 0.1) is 5.41 Å². The molecule has 8 nitrogen and oxygen atoms in total. The minimum atomic E-state index is -0.612. The summed E-state index contributed by atoms with van der Waals surface area (Å²) < 4.78 is 0. The standard InChI is InChI=1S/C27H36N4O4/c1-19-25(34)31(21(18-32)9-13-29-14-12-27(10-11-27)24(33)17-29)16-15-30(19)26(35)28-23-8-4-6-20-5-2-3-7-22(20)23/h2-8,19,21,24,32-33H,9-18H2,1H3,(H,28,35)/t19-,21-,24+/m0/s1. The maximum Gasteiger partial charge on any atom is 0.322 e. The normalized spacial score (nSPS) is 25.2. The number of anilines is 1. The number of β-amino-alcohol motifs (C(OH)–C–C–N with tert-alkyl or cyclic N) is 1. The number of carbonyl (C=O) groups excluding carboxylic acids is 2. The molecule has 0 aromatic heterocycles. The van der Waals surface area contributed by atoms with Gasteiger partial charge in [-0.05, 0) is 56.0 Å². The highest BCUT2D eigenvalue weighted by Gasteiger charge is 2.51. The van der Waals surface area contributed by atoms with Crippen LogP contribution in [0.25, 0.3) is 10.8 Å². The molecule has 188 valence electrons. The Labute approximate surface area is 206 Å². The number of likely N-dealkylation sites (tertiary alicyclic amines) is 1. The van der Waals surface area contributed by atoms with E-state index in [9.17, 15) is 19.8 Å². The second-order valence-corrected chi connectivity index (χ2v) is 10.4. The lowest BCUT2D eigenvalue weighted by molar-refractivity contribution is -0.143. The van der Waals surface area contributed by atoms with Crippen molar-refractivity contribution in [3.63, 3.8) is 0 Å². The first kappa shape index (κ1) is 24.0. The number of fused-ring (bicyclic) bond motifs is 1. The molecule has 0 radical (unpaired) electrons. The highest BCUT2D eigenvalue weighted by Crippen LogP contribution is 2.53. The number of hydrogen-bond acceptors (Lipinski definition) is 5. The minimum absolute atomic E-state index is 0.110. The van der Waals surface area contributed by atoms with Gasteiger partial charge in [0.05, 0.1) is 24.4 Å². The molecule has 2 saturated heterocycles. The lowest BCUT2D eigenvalue weighted by Gasteiger charge is -2.43. The Hall–Kier alpha value is -2.68. The number of urea groups is 1. The quantitative estimate of drug-likeness (QED) is 0.591. The third kappa shape index (κ3) is 4.75. The lowest BCUT2D eigenvalue weighted by atomic mass is 9.90. The topological polar surface area (TPSA) is 96.3 Å². The number of piperazine rings is 1. The number of rotatable bonds is 6. The molecule has 3 N–H and O–H groups in total. The Morgan fingerprint density at radius 3 is 2.63 bits per heavy atom. The van der Waals surface area contributed by atoms with E-state index in [2.05, 4.69) is 10.2 Å². The van der Waals surface area contributed by atoms with Gasteiger partial charge in [-0.3, -0.25) is 4.79 Å². The molecule has 5 rings (SSSR count). The predicted octanol–water partition coefficient (Wildman–Crippen LogP) is 2.50. The number of benzene rings is 2. The van der Waals surface area contributed by atoms with Crippen LogP contribution in [0.3, 0.4) is 0 Å². The summed E-state index contributed by atoms with van der Waals surface area (Å²) in [6, 6.07) is 12.4. The number of aliphatic hydroxyl groups is 2. The highest BCUT2D eigenvalue weighted by molar-refractivity contribution is 6.02. The van der Waals surface area contributed by atoms with E-state index in [1.54, 1.807) is 16.7 Å². The largest absolute Gasteiger partial charge is 0.394 e. The van der Waals surface area contributed by atoms with Crippen molar-refractivity contribution in [1.29, 1.82) is 0 Å². The summed E-state index contributed by atoms with van der Waals surface area (Å²) in [5, 5.41) is 25.5. The van der Waals surface area contributed by atoms with Crippen LogP contribution in [-0.2, 0) is 4.79 Å². The Morgan fingerprint density at radius 1 is 1.11 bits per heavy atom. The van der Waals surface area contributed by atoms with E-state index in [0.29, 0.717) is 26.1 Å². The molecule has 1 saturated carbocycles. The molecule has 3 aliphatic rings. The van der Waals surface area contributed by atoms with E-state index < -0.39 is 6.04 Å². The average molecular weight is 481 g/mol. The van der Waals surface area contributed by atoms with E-state index in [4.69, 9.17) is 0 Å². The molecular formula is C27H36N4O4. The van der Waals surface area contributed by atoms with Gasteiger partial charge < -0.3 is 30.2 Å². The van der Waals surface area contributed by atoms with Gasteiger partial charge in [0.1, 0.15) is 6.04 Å². The lowest BCUT2D eigenvalue weighted by Crippen LogP contribution is -2.61. The average Bonchev–Trinajstić information content (AvgIpc) is 3.65. The second-order valence-electron chi connectivity index (χ2n) is 10.4. The number of hydrogen-bond donors (Lipinski definition) is 3. The number of piperidine rings is 1. The van der Waals surface area contributed by atoms with Crippen molar-refractivity contribution >= 4 is 28.4 Å². The zero-order chi connectivity index (χ0) is 24.6. The molecule has 1 aliphatic carbocycles. The third-order valence-electron chi connectivity index (χ3n) is 8.37. The fourth-order valence-corrected chi connectivity index (χ4v) is 5.76. The van der Waals surface area contributed by atoms with Gasteiger partial charge in [-0.25, -0.2) is 4.79 Å². The van der Waals surface area contributed by atoms with Gasteiger partial charge >= 0.3 is 6.03 Å². The monoisotopic (exact) mass is 480 g/mol. The smallest absolute Gasteiger partial charge is 0.322 e. The number of amides is 3. The number of carbonyl (C=O) groups is 2. The van der Waals surface area contributed by atoms with Crippen molar-refractivity contribution in [3.8, 4) is 0 Å². The van der Waals surface area contributed by atoms with Gasteiger partial charge in [0, 0.05) is 31.6 Å². The van der Waals surface area contributed by atoms with Crippen LogP contribution in [0.4, 0.5) is 10.5 Å². The molecule has 2 aromatic rings. The SMILES string of the molecule is C[C@H]1C(=O)N([C@H](CO)CCN2CCC3(CC3)[C@H](O)C2)CCN1C(=O)Nc1cccc2ccccc12. The Morgan fingerprint density at radius 2 is 1.89 bits per heavy atom. The highest BCUT2D eigenvalue weighted by atomic mass is 16.3. The van der Waals surface area contributed by atoms with Crippen LogP contribution in [0.5, 0.6) is 0 Å². The zero-order valence-electron chi connectivity index (χ0n) is 20.4. The van der Waals surface area contributed by atoms with E-state index in [1.165, 1.54) is 0 Å². The fraction of sp³-hybridized carbons (Fsp3) is 0.556. The summed E-state index contributed by atoms with van der Waals surface area (Å²) >= 11 is 0. The summed E-state index contributed by atoms with van der Waals surface area (Å²) in [4.78, 5) is 31.9. The molecule has 3 fully saturated rings. The Balaban J connectivity index is 1.18. The molecule has 3 amide bonds. The first-order valence-electron chi connectivity index (χ1n) is 12.8. The fourth-order valence-electron chi connectivity index (χ4n) is 5.76. The van der Waals surface area contributed by atoms with Crippen molar-refractivity contribution in [3.05, 3.63) is 42.5 Å². The molecule has 2 aromatic carbocycles. The number of aliphatic hydroxyl groups excluding tert-OH is 2. The summed E-state index contributed by atoms with van der Waals surface area (Å²) in [5.41, 5.74) is 0.890. The molecular weight excluding hydrogens is 444 g/mol. The van der Waals surface area contributed by atoms with Gasteiger partial charge in [0.15, 0.2) is 0 Å². The van der Waals surface area contributed by atoms with E-state index >= 15 is 0 Å². The molecule has 35 heavy (non-hydrogen) atoms. The van der Waals surface area contributed by atoms with Gasteiger partial charge in [0.25, 0.3) is 0 Å². The zero-order valence-corrected chi connectivity index (χ0v) is 20.4. The third-order valence-corrected chi connectivity index (χ3v) is 8.37. The molecule has 8 heteroatoms. The van der Waals surface area contributed by atoms with Crippen molar-refractivity contribution in [2.75, 3.05) is 44.6 Å². The van der Waals surface area contributed by atoms with Crippen LogP contribution in [0.15, 0.2) is 42.5 Å².